The molecule has 2 N–H and O–H groups in total. The first-order valence-electron chi connectivity index (χ1n) is 5.78. The molecule has 1 aromatic heterocycles. The Morgan fingerprint density at radius 3 is 2.65 bits per heavy atom. The van der Waals surface area contributed by atoms with E-state index in [1.165, 1.54) is 6.40 Å². The van der Waals surface area contributed by atoms with Crippen molar-refractivity contribution >= 4 is 33.9 Å². The Morgan fingerprint density at radius 2 is 2.10 bits per heavy atom. The minimum absolute atomic E-state index is 0.195. The molecule has 0 bridgehead atoms. The van der Waals surface area contributed by atoms with Crippen LogP contribution in [0.5, 0.6) is 0 Å². The molecule has 0 saturated carbocycles. The van der Waals surface area contributed by atoms with Crippen LogP contribution in [0.3, 0.4) is 0 Å². The number of aliphatic hydroxyl groups is 1. The van der Waals surface area contributed by atoms with E-state index in [9.17, 15) is 5.11 Å². The van der Waals surface area contributed by atoms with E-state index < -0.39 is 5.66 Å². The first kappa shape index (κ1) is 13.6. The van der Waals surface area contributed by atoms with Crippen LogP contribution in [-0.4, -0.2) is 11.5 Å². The predicted octanol–water partition coefficient (Wildman–Crippen LogP) is 2.95. The molecule has 104 valence electrons. The summed E-state index contributed by atoms with van der Waals surface area (Å²) in [5, 5.41) is 9.81. The van der Waals surface area contributed by atoms with E-state index in [1.54, 1.807) is 18.2 Å². The predicted molar refractivity (Wildman–Crippen MR) is 77.3 cm³/mol. The molecule has 3 rings (SSSR count). The summed E-state index contributed by atoms with van der Waals surface area (Å²) in [6.07, 6.45) is 1.31. The van der Waals surface area contributed by atoms with E-state index in [4.69, 9.17) is 20.9 Å². The Morgan fingerprint density at radius 1 is 1.35 bits per heavy atom. The van der Waals surface area contributed by atoms with Gasteiger partial charge in [0.25, 0.3) is 0 Å². The fraction of sp³-hybridized carbons (Fsp3) is 0.154. The van der Waals surface area contributed by atoms with Gasteiger partial charge in [0.2, 0.25) is 5.66 Å². The monoisotopic (exact) mass is 356 g/mol. The maximum atomic E-state index is 9.19. The molecule has 1 aliphatic rings. The van der Waals surface area contributed by atoms with Gasteiger partial charge in [-0.15, -0.1) is 5.48 Å². The SMILES string of the molecule is OCc1cc(Br)c(C2(c3ccc(Cl)cc3)N=CON2)o1. The lowest BCUT2D eigenvalue weighted by molar-refractivity contribution is 0.127. The third-order valence-electron chi connectivity index (χ3n) is 2.99. The van der Waals surface area contributed by atoms with Gasteiger partial charge in [-0.1, -0.05) is 23.7 Å². The van der Waals surface area contributed by atoms with Gasteiger partial charge in [0, 0.05) is 10.6 Å². The molecule has 20 heavy (non-hydrogen) atoms. The highest BCUT2D eigenvalue weighted by Gasteiger charge is 2.42. The minimum Gasteiger partial charge on any atom is -0.458 e. The molecular formula is C13H10BrClN2O3. The molecule has 0 spiro atoms. The van der Waals surface area contributed by atoms with Gasteiger partial charge in [0.05, 0.1) is 4.47 Å². The van der Waals surface area contributed by atoms with Crippen LogP contribution in [0.2, 0.25) is 5.02 Å². The topological polar surface area (TPSA) is 67.0 Å². The van der Waals surface area contributed by atoms with E-state index in [0.29, 0.717) is 21.0 Å². The molecule has 1 aliphatic heterocycles. The normalized spacial score (nSPS) is 21.1. The average molecular weight is 358 g/mol. The summed E-state index contributed by atoms with van der Waals surface area (Å²) in [4.78, 5) is 9.42. The van der Waals surface area contributed by atoms with E-state index >= 15 is 0 Å². The minimum atomic E-state index is -1.00. The number of furan rings is 1. The Hall–Kier alpha value is -1.34. The Bertz CT molecular complexity index is 656. The van der Waals surface area contributed by atoms with Gasteiger partial charge in [0.1, 0.15) is 12.4 Å². The standard InChI is InChI=1S/C13H10BrClN2O3/c14-11-5-10(6-18)20-12(11)13(16-7-19-17-13)8-1-3-9(15)4-2-8/h1-5,7,17-18H,6H2. The number of halogens is 2. The number of rotatable bonds is 3. The second kappa shape index (κ2) is 5.21. The van der Waals surface area contributed by atoms with Crippen LogP contribution in [0.25, 0.3) is 0 Å². The first-order valence-corrected chi connectivity index (χ1v) is 6.95. The summed E-state index contributed by atoms with van der Waals surface area (Å²) in [5.74, 6) is 0.932. The van der Waals surface area contributed by atoms with Crippen molar-refractivity contribution in [1.29, 1.82) is 0 Å². The van der Waals surface area contributed by atoms with Crippen molar-refractivity contribution in [2.24, 2.45) is 4.99 Å². The molecule has 1 unspecified atom stereocenters. The molecule has 1 atom stereocenters. The lowest BCUT2D eigenvalue weighted by atomic mass is 9.98. The molecule has 1 aromatic carbocycles. The van der Waals surface area contributed by atoms with Crippen molar-refractivity contribution < 1.29 is 14.4 Å². The molecule has 2 heterocycles. The van der Waals surface area contributed by atoms with Crippen molar-refractivity contribution in [3.05, 3.63) is 56.9 Å². The molecule has 0 amide bonds. The highest BCUT2D eigenvalue weighted by molar-refractivity contribution is 9.10. The third kappa shape index (κ3) is 2.14. The maximum absolute atomic E-state index is 9.19. The van der Waals surface area contributed by atoms with E-state index in [0.717, 1.165) is 5.56 Å². The number of hydrogen-bond acceptors (Lipinski definition) is 5. The van der Waals surface area contributed by atoms with E-state index in [1.807, 2.05) is 12.1 Å². The zero-order valence-corrected chi connectivity index (χ0v) is 12.5. The van der Waals surface area contributed by atoms with E-state index in [-0.39, 0.29) is 6.61 Å². The molecular weight excluding hydrogens is 348 g/mol. The summed E-state index contributed by atoms with van der Waals surface area (Å²) < 4.78 is 6.34. The fourth-order valence-corrected chi connectivity index (χ4v) is 2.79. The highest BCUT2D eigenvalue weighted by atomic mass is 79.9. The molecule has 2 aromatic rings. The Kier molecular flexibility index (Phi) is 3.55. The summed E-state index contributed by atoms with van der Waals surface area (Å²) in [6, 6.07) is 8.88. The summed E-state index contributed by atoms with van der Waals surface area (Å²) in [5.41, 5.74) is 2.63. The number of aliphatic hydroxyl groups excluding tert-OH is 1. The van der Waals surface area contributed by atoms with Crippen molar-refractivity contribution in [3.8, 4) is 0 Å². The van der Waals surface area contributed by atoms with Gasteiger partial charge >= 0.3 is 0 Å². The lowest BCUT2D eigenvalue weighted by Crippen LogP contribution is -2.37. The van der Waals surface area contributed by atoms with Crippen molar-refractivity contribution in [2.75, 3.05) is 0 Å². The third-order valence-corrected chi connectivity index (χ3v) is 3.83. The van der Waals surface area contributed by atoms with E-state index in [2.05, 4.69) is 26.4 Å². The number of nitrogens with zero attached hydrogens (tertiary/aromatic N) is 1. The number of hydroxylamine groups is 1. The van der Waals surface area contributed by atoms with Gasteiger partial charge in [-0.2, -0.15) is 0 Å². The van der Waals surface area contributed by atoms with Crippen LogP contribution >= 0.6 is 27.5 Å². The van der Waals surface area contributed by atoms with Gasteiger partial charge in [-0.05, 0) is 34.1 Å². The molecule has 0 saturated heterocycles. The fourth-order valence-electron chi connectivity index (χ4n) is 2.04. The van der Waals surface area contributed by atoms with Crippen molar-refractivity contribution in [2.45, 2.75) is 12.3 Å². The van der Waals surface area contributed by atoms with Crippen molar-refractivity contribution in [3.63, 3.8) is 0 Å². The molecule has 0 aliphatic carbocycles. The Balaban J connectivity index is 2.14. The summed E-state index contributed by atoms with van der Waals surface area (Å²) in [6.45, 7) is -0.195. The van der Waals surface area contributed by atoms with Crippen LogP contribution in [0, 0.1) is 0 Å². The Labute approximate surface area is 128 Å². The molecule has 0 radical (unpaired) electrons. The van der Waals surface area contributed by atoms with Gasteiger partial charge in [0.15, 0.2) is 12.2 Å². The summed E-state index contributed by atoms with van der Waals surface area (Å²) >= 11 is 9.33. The smallest absolute Gasteiger partial charge is 0.229 e. The van der Waals surface area contributed by atoms with Crippen LogP contribution in [0.4, 0.5) is 0 Å². The van der Waals surface area contributed by atoms with Gasteiger partial charge in [-0.25, -0.2) is 4.99 Å². The number of nitrogens with one attached hydrogen (secondary N) is 1. The average Bonchev–Trinajstić information content (AvgIpc) is 3.07. The van der Waals surface area contributed by atoms with Crippen LogP contribution in [-0.2, 0) is 17.1 Å². The largest absolute Gasteiger partial charge is 0.458 e. The lowest BCUT2D eigenvalue weighted by Gasteiger charge is -2.23. The number of aliphatic imine (C=N–C) groups is 1. The molecule has 7 heteroatoms. The van der Waals surface area contributed by atoms with Crippen LogP contribution < -0.4 is 5.48 Å². The number of hydrogen-bond donors (Lipinski definition) is 2. The molecule has 5 nitrogen and oxygen atoms in total. The summed E-state index contributed by atoms with van der Waals surface area (Å²) in [7, 11) is 0. The quantitative estimate of drug-likeness (QED) is 0.886. The highest BCUT2D eigenvalue weighted by Crippen LogP contribution is 2.39. The zero-order valence-electron chi connectivity index (χ0n) is 10.1. The second-order valence-corrected chi connectivity index (χ2v) is 5.51. The van der Waals surface area contributed by atoms with Crippen LogP contribution in [0.15, 0.2) is 44.2 Å². The maximum Gasteiger partial charge on any atom is 0.229 e. The molecule has 0 fully saturated rings. The second-order valence-electron chi connectivity index (χ2n) is 4.22. The number of benzene rings is 1. The first-order chi connectivity index (χ1) is 9.65. The zero-order chi connectivity index (χ0) is 14.2. The van der Waals surface area contributed by atoms with Crippen molar-refractivity contribution in [1.82, 2.24) is 5.48 Å². The van der Waals surface area contributed by atoms with Crippen LogP contribution in [0.1, 0.15) is 17.1 Å². The van der Waals surface area contributed by atoms with Gasteiger partial charge < -0.3 is 14.4 Å². The van der Waals surface area contributed by atoms with Gasteiger partial charge in [-0.3, -0.25) is 0 Å².